The van der Waals surface area contributed by atoms with Crippen LogP contribution in [0.15, 0.2) is 39.9 Å². The molecule has 5 heteroatoms. The van der Waals surface area contributed by atoms with Crippen LogP contribution in [0.2, 0.25) is 0 Å². The molecule has 0 spiro atoms. The fraction of sp³-hybridized carbons (Fsp3) is 0.200. The van der Waals surface area contributed by atoms with Gasteiger partial charge < -0.3 is 0 Å². The minimum atomic E-state index is 0.0348. The fourth-order valence-corrected chi connectivity index (χ4v) is 3.59. The third kappa shape index (κ3) is 2.21. The SMILES string of the molecule is Cc1sc2ncn(Cc3ccccc3Br)c(=O)c2c1C. The van der Waals surface area contributed by atoms with Crippen molar-refractivity contribution < 1.29 is 0 Å². The maximum absolute atomic E-state index is 12.6. The molecule has 102 valence electrons. The molecule has 3 nitrogen and oxygen atoms in total. The maximum Gasteiger partial charge on any atom is 0.262 e. The van der Waals surface area contributed by atoms with Crippen molar-refractivity contribution in [3.05, 3.63) is 61.4 Å². The van der Waals surface area contributed by atoms with Gasteiger partial charge in [0.2, 0.25) is 0 Å². The molecule has 0 amide bonds. The van der Waals surface area contributed by atoms with Gasteiger partial charge in [0.25, 0.3) is 5.56 Å². The monoisotopic (exact) mass is 348 g/mol. The molecule has 0 saturated heterocycles. The van der Waals surface area contributed by atoms with Crippen LogP contribution in [0.5, 0.6) is 0 Å². The zero-order valence-corrected chi connectivity index (χ0v) is 13.6. The van der Waals surface area contributed by atoms with Gasteiger partial charge in [-0.25, -0.2) is 4.98 Å². The summed E-state index contributed by atoms with van der Waals surface area (Å²) in [6.45, 7) is 4.54. The molecule has 2 aromatic heterocycles. The summed E-state index contributed by atoms with van der Waals surface area (Å²) in [5.74, 6) is 0. The first kappa shape index (κ1) is 13.5. The van der Waals surface area contributed by atoms with Crippen LogP contribution in [0.4, 0.5) is 0 Å². The first-order valence-corrected chi connectivity index (χ1v) is 7.87. The van der Waals surface area contributed by atoms with Gasteiger partial charge in [-0.3, -0.25) is 9.36 Å². The van der Waals surface area contributed by atoms with E-state index in [0.717, 1.165) is 30.7 Å². The lowest BCUT2D eigenvalue weighted by Crippen LogP contribution is -2.21. The number of aromatic nitrogens is 2. The highest BCUT2D eigenvalue weighted by atomic mass is 79.9. The first-order valence-electron chi connectivity index (χ1n) is 6.26. The highest BCUT2D eigenvalue weighted by Gasteiger charge is 2.12. The van der Waals surface area contributed by atoms with Crippen LogP contribution in [0.1, 0.15) is 16.0 Å². The number of nitrogens with zero attached hydrogens (tertiary/aromatic N) is 2. The number of aryl methyl sites for hydroxylation is 2. The van der Waals surface area contributed by atoms with Gasteiger partial charge in [0.05, 0.1) is 18.3 Å². The molecular formula is C15H13BrN2OS. The molecule has 0 saturated carbocycles. The zero-order chi connectivity index (χ0) is 14.3. The maximum atomic E-state index is 12.6. The topological polar surface area (TPSA) is 34.9 Å². The molecule has 0 bridgehead atoms. The Labute approximate surface area is 129 Å². The largest absolute Gasteiger partial charge is 0.294 e. The smallest absolute Gasteiger partial charge is 0.262 e. The van der Waals surface area contributed by atoms with E-state index in [2.05, 4.69) is 20.9 Å². The molecule has 2 heterocycles. The summed E-state index contributed by atoms with van der Waals surface area (Å²) in [7, 11) is 0. The van der Waals surface area contributed by atoms with Gasteiger partial charge in [0.15, 0.2) is 0 Å². The van der Waals surface area contributed by atoms with Gasteiger partial charge in [0.1, 0.15) is 4.83 Å². The van der Waals surface area contributed by atoms with Crippen molar-refractivity contribution in [3.63, 3.8) is 0 Å². The lowest BCUT2D eigenvalue weighted by molar-refractivity contribution is 0.746. The Hall–Kier alpha value is -1.46. The molecule has 1 aromatic carbocycles. The summed E-state index contributed by atoms with van der Waals surface area (Å²) >= 11 is 5.09. The lowest BCUT2D eigenvalue weighted by atomic mass is 10.2. The summed E-state index contributed by atoms with van der Waals surface area (Å²) < 4.78 is 2.67. The minimum absolute atomic E-state index is 0.0348. The van der Waals surface area contributed by atoms with Crippen molar-refractivity contribution in [1.82, 2.24) is 9.55 Å². The highest BCUT2D eigenvalue weighted by molar-refractivity contribution is 9.10. The quantitative estimate of drug-likeness (QED) is 0.704. The average Bonchev–Trinajstić information content (AvgIpc) is 2.72. The molecule has 0 N–H and O–H groups in total. The van der Waals surface area contributed by atoms with Gasteiger partial charge in [-0.2, -0.15) is 0 Å². The second-order valence-electron chi connectivity index (χ2n) is 4.73. The predicted octanol–water partition coefficient (Wildman–Crippen LogP) is 3.89. The molecule has 0 fully saturated rings. The second-order valence-corrected chi connectivity index (χ2v) is 6.79. The molecule has 3 rings (SSSR count). The van der Waals surface area contributed by atoms with Gasteiger partial charge >= 0.3 is 0 Å². The number of rotatable bonds is 2. The van der Waals surface area contributed by atoms with E-state index >= 15 is 0 Å². The summed E-state index contributed by atoms with van der Waals surface area (Å²) in [5, 5.41) is 0.752. The van der Waals surface area contributed by atoms with Crippen LogP contribution >= 0.6 is 27.3 Å². The van der Waals surface area contributed by atoms with E-state index in [4.69, 9.17) is 0 Å². The standard InChI is InChI=1S/C15H13BrN2OS/c1-9-10(2)20-14-13(9)15(19)18(8-17-14)7-11-5-3-4-6-12(11)16/h3-6,8H,7H2,1-2H3. The number of fused-ring (bicyclic) bond motifs is 1. The van der Waals surface area contributed by atoms with E-state index in [-0.39, 0.29) is 5.56 Å². The minimum Gasteiger partial charge on any atom is -0.294 e. The van der Waals surface area contributed by atoms with Crippen LogP contribution in [0, 0.1) is 13.8 Å². The third-order valence-corrected chi connectivity index (χ3v) is 5.34. The van der Waals surface area contributed by atoms with Gasteiger partial charge in [-0.15, -0.1) is 11.3 Å². The van der Waals surface area contributed by atoms with Crippen LogP contribution in [-0.2, 0) is 6.54 Å². The lowest BCUT2D eigenvalue weighted by Gasteiger charge is -2.07. The molecule has 0 aliphatic rings. The molecule has 0 aliphatic carbocycles. The summed E-state index contributed by atoms with van der Waals surface area (Å²) in [6.07, 6.45) is 1.64. The Bertz CT molecular complexity index is 851. The number of benzene rings is 1. The Kier molecular flexibility index (Phi) is 3.48. The number of hydrogen-bond donors (Lipinski definition) is 0. The Morgan fingerprint density at radius 3 is 2.80 bits per heavy atom. The molecule has 0 atom stereocenters. The van der Waals surface area contributed by atoms with E-state index in [1.165, 1.54) is 0 Å². The van der Waals surface area contributed by atoms with E-state index in [0.29, 0.717) is 6.54 Å². The van der Waals surface area contributed by atoms with Crippen LogP contribution < -0.4 is 5.56 Å². The van der Waals surface area contributed by atoms with Crippen molar-refractivity contribution in [2.75, 3.05) is 0 Å². The normalized spacial score (nSPS) is 11.2. The predicted molar refractivity (Wildman–Crippen MR) is 86.6 cm³/mol. The van der Waals surface area contributed by atoms with Crippen molar-refractivity contribution in [3.8, 4) is 0 Å². The Balaban J connectivity index is 2.14. The first-order chi connectivity index (χ1) is 9.58. The van der Waals surface area contributed by atoms with Crippen LogP contribution in [-0.4, -0.2) is 9.55 Å². The van der Waals surface area contributed by atoms with E-state index in [1.54, 1.807) is 22.2 Å². The molecule has 0 radical (unpaired) electrons. The van der Waals surface area contributed by atoms with Gasteiger partial charge in [-0.1, -0.05) is 34.1 Å². The third-order valence-electron chi connectivity index (χ3n) is 3.45. The molecule has 20 heavy (non-hydrogen) atoms. The zero-order valence-electron chi connectivity index (χ0n) is 11.2. The molecular weight excluding hydrogens is 336 g/mol. The van der Waals surface area contributed by atoms with Gasteiger partial charge in [-0.05, 0) is 31.0 Å². The van der Waals surface area contributed by atoms with Crippen molar-refractivity contribution in [1.29, 1.82) is 0 Å². The van der Waals surface area contributed by atoms with Gasteiger partial charge in [0, 0.05) is 9.35 Å². The highest BCUT2D eigenvalue weighted by Crippen LogP contribution is 2.25. The fourth-order valence-electron chi connectivity index (χ4n) is 2.19. The van der Waals surface area contributed by atoms with E-state index < -0.39 is 0 Å². The van der Waals surface area contributed by atoms with E-state index in [9.17, 15) is 4.79 Å². The van der Waals surface area contributed by atoms with Crippen LogP contribution in [0.25, 0.3) is 10.2 Å². The molecule has 0 aliphatic heterocycles. The average molecular weight is 349 g/mol. The molecule has 0 unspecified atom stereocenters. The van der Waals surface area contributed by atoms with Crippen molar-refractivity contribution in [2.24, 2.45) is 0 Å². The van der Waals surface area contributed by atoms with Crippen molar-refractivity contribution in [2.45, 2.75) is 20.4 Å². The van der Waals surface area contributed by atoms with E-state index in [1.807, 2.05) is 38.1 Å². The molecule has 3 aromatic rings. The number of thiophene rings is 1. The second kappa shape index (κ2) is 5.14. The summed E-state index contributed by atoms with van der Waals surface area (Å²) in [4.78, 5) is 19.0. The number of halogens is 1. The Morgan fingerprint density at radius 2 is 2.05 bits per heavy atom. The van der Waals surface area contributed by atoms with Crippen molar-refractivity contribution >= 4 is 37.5 Å². The summed E-state index contributed by atoms with van der Waals surface area (Å²) in [6, 6.07) is 7.92. The number of hydrogen-bond acceptors (Lipinski definition) is 3. The Morgan fingerprint density at radius 1 is 1.30 bits per heavy atom. The van der Waals surface area contributed by atoms with Crippen LogP contribution in [0.3, 0.4) is 0 Å². The summed E-state index contributed by atoms with van der Waals surface area (Å²) in [5.41, 5.74) is 2.15.